The first kappa shape index (κ1) is 26.9. The lowest BCUT2D eigenvalue weighted by Gasteiger charge is -2.29. The molecule has 0 aromatic heterocycles. The van der Waals surface area contributed by atoms with Crippen LogP contribution in [0.4, 0.5) is 0 Å². The molecule has 34 heavy (non-hydrogen) atoms. The molecule has 1 aliphatic carbocycles. The Kier molecular flexibility index (Phi) is 11.6. The minimum Gasteiger partial charge on any atom is -0.494 e. The Morgan fingerprint density at radius 1 is 1.12 bits per heavy atom. The molecule has 3 atom stereocenters. The largest absolute Gasteiger partial charge is 0.494 e. The van der Waals surface area contributed by atoms with Crippen LogP contribution < -0.4 is 10.1 Å². The van der Waals surface area contributed by atoms with Crippen molar-refractivity contribution in [3.8, 4) is 5.75 Å². The lowest BCUT2D eigenvalue weighted by Crippen LogP contribution is -2.47. The molecule has 1 saturated carbocycles. The number of carbonyl (C=O) groups excluding carboxylic acids is 1. The maximum atomic E-state index is 12.7. The fourth-order valence-electron chi connectivity index (χ4n) is 4.44. The number of likely N-dealkylation sites (tertiary alicyclic amines) is 1. The van der Waals surface area contributed by atoms with Crippen LogP contribution in [0.25, 0.3) is 0 Å². The van der Waals surface area contributed by atoms with Gasteiger partial charge in [0.1, 0.15) is 11.9 Å². The van der Waals surface area contributed by atoms with Crippen LogP contribution in [0, 0.1) is 0 Å². The highest BCUT2D eigenvalue weighted by Crippen LogP contribution is 2.23. The third kappa shape index (κ3) is 9.17. The molecule has 2 fully saturated rings. The summed E-state index contributed by atoms with van der Waals surface area (Å²) in [5.74, 6) is 0.747. The molecule has 0 unspecified atom stereocenters. The van der Waals surface area contributed by atoms with Crippen molar-refractivity contribution in [1.82, 2.24) is 10.2 Å². The van der Waals surface area contributed by atoms with E-state index in [1.165, 1.54) is 19.3 Å². The van der Waals surface area contributed by atoms with Gasteiger partial charge in [-0.1, -0.05) is 31.9 Å². The number of β-amino-alcohol motifs (C(OH)–C–C–N with tert-alkyl or cyclic N) is 1. The van der Waals surface area contributed by atoms with Crippen LogP contribution in [0.15, 0.2) is 24.3 Å². The zero-order valence-corrected chi connectivity index (χ0v) is 20.8. The summed E-state index contributed by atoms with van der Waals surface area (Å²) >= 11 is 0. The molecule has 7 nitrogen and oxygen atoms in total. The predicted molar refractivity (Wildman–Crippen MR) is 133 cm³/mol. The van der Waals surface area contributed by atoms with E-state index in [1.807, 2.05) is 24.3 Å². The van der Waals surface area contributed by atoms with Gasteiger partial charge in [0, 0.05) is 32.7 Å². The third-order valence-corrected chi connectivity index (χ3v) is 6.87. The third-order valence-electron chi connectivity index (χ3n) is 6.87. The Hall–Kier alpha value is -1.67. The quantitative estimate of drug-likeness (QED) is 0.316. The highest BCUT2D eigenvalue weighted by atomic mass is 16.5. The second kappa shape index (κ2) is 14.7. The Bertz CT molecular complexity index is 709. The van der Waals surface area contributed by atoms with Crippen molar-refractivity contribution >= 4 is 5.91 Å². The van der Waals surface area contributed by atoms with Crippen LogP contribution in [0.5, 0.6) is 5.75 Å². The molecular weight excluding hydrogens is 432 g/mol. The lowest BCUT2D eigenvalue weighted by atomic mass is 9.96. The molecule has 7 heteroatoms. The first-order valence-corrected chi connectivity index (χ1v) is 13.3. The SMILES string of the molecule is CCCCOc1ccc([C@@H](O)[C@@H](CN2CC[C@H](O)C2)NC(=O)CCCCCOC2CCC2)cc1. The molecule has 3 rings (SSSR count). The van der Waals surface area contributed by atoms with Crippen molar-refractivity contribution in [2.75, 3.05) is 32.8 Å². The van der Waals surface area contributed by atoms with Crippen molar-refractivity contribution in [3.63, 3.8) is 0 Å². The van der Waals surface area contributed by atoms with E-state index in [0.29, 0.717) is 32.2 Å². The van der Waals surface area contributed by atoms with E-state index in [4.69, 9.17) is 9.47 Å². The molecule has 0 bridgehead atoms. The number of rotatable bonds is 16. The highest BCUT2D eigenvalue weighted by Gasteiger charge is 2.29. The summed E-state index contributed by atoms with van der Waals surface area (Å²) in [6, 6.07) is 7.04. The molecule has 0 spiro atoms. The maximum absolute atomic E-state index is 12.7. The number of hydrogen-bond donors (Lipinski definition) is 3. The van der Waals surface area contributed by atoms with Gasteiger partial charge < -0.3 is 25.0 Å². The van der Waals surface area contributed by atoms with Crippen LogP contribution in [0.3, 0.4) is 0 Å². The first-order chi connectivity index (χ1) is 16.5. The number of aliphatic hydroxyl groups excluding tert-OH is 2. The van der Waals surface area contributed by atoms with Gasteiger partial charge in [0.15, 0.2) is 0 Å². The number of benzene rings is 1. The van der Waals surface area contributed by atoms with Gasteiger partial charge >= 0.3 is 0 Å². The van der Waals surface area contributed by atoms with Gasteiger partial charge in [-0.05, 0) is 62.6 Å². The lowest BCUT2D eigenvalue weighted by molar-refractivity contribution is -0.123. The molecule has 1 aliphatic heterocycles. The molecule has 192 valence electrons. The van der Waals surface area contributed by atoms with Crippen molar-refractivity contribution < 1.29 is 24.5 Å². The van der Waals surface area contributed by atoms with Gasteiger partial charge in [0.05, 0.1) is 24.9 Å². The van der Waals surface area contributed by atoms with Crippen LogP contribution >= 0.6 is 0 Å². The fourth-order valence-corrected chi connectivity index (χ4v) is 4.44. The zero-order chi connectivity index (χ0) is 24.2. The normalized spacial score (nSPS) is 20.6. The second-order valence-corrected chi connectivity index (χ2v) is 9.83. The predicted octanol–water partition coefficient (Wildman–Crippen LogP) is 3.58. The number of nitrogens with one attached hydrogen (secondary N) is 1. The summed E-state index contributed by atoms with van der Waals surface area (Å²) in [5, 5.41) is 24.1. The van der Waals surface area contributed by atoms with E-state index in [-0.39, 0.29) is 12.0 Å². The minimum absolute atomic E-state index is 0.0387. The average molecular weight is 477 g/mol. The smallest absolute Gasteiger partial charge is 0.220 e. The number of hydrogen-bond acceptors (Lipinski definition) is 6. The molecule has 1 heterocycles. The van der Waals surface area contributed by atoms with E-state index >= 15 is 0 Å². The maximum Gasteiger partial charge on any atom is 0.220 e. The molecule has 0 radical (unpaired) electrons. The standard InChI is InChI=1S/C27H44N2O5/c1-2-3-17-33-24-13-11-21(12-14-24)27(32)25(20-29-16-15-22(30)19-29)28-26(31)10-5-4-6-18-34-23-8-7-9-23/h11-14,22-23,25,27,30,32H,2-10,15-20H2,1H3,(H,28,31)/t22-,25+,27+/m0/s1. The zero-order valence-electron chi connectivity index (χ0n) is 20.8. The van der Waals surface area contributed by atoms with Gasteiger partial charge in [0.25, 0.3) is 0 Å². The highest BCUT2D eigenvalue weighted by molar-refractivity contribution is 5.76. The number of amides is 1. The number of nitrogens with zero attached hydrogens (tertiary/aromatic N) is 1. The Morgan fingerprint density at radius 3 is 2.56 bits per heavy atom. The molecule has 1 aromatic rings. The van der Waals surface area contributed by atoms with Gasteiger partial charge in [-0.15, -0.1) is 0 Å². The summed E-state index contributed by atoms with van der Waals surface area (Å²) in [6.45, 7) is 5.44. The van der Waals surface area contributed by atoms with Crippen molar-refractivity contribution in [1.29, 1.82) is 0 Å². The number of unbranched alkanes of at least 4 members (excludes halogenated alkanes) is 3. The van der Waals surface area contributed by atoms with E-state index < -0.39 is 12.1 Å². The molecule has 1 amide bonds. The van der Waals surface area contributed by atoms with E-state index in [9.17, 15) is 15.0 Å². The van der Waals surface area contributed by atoms with Crippen molar-refractivity contribution in [3.05, 3.63) is 29.8 Å². The molecule has 3 N–H and O–H groups in total. The van der Waals surface area contributed by atoms with Gasteiger partial charge in [-0.2, -0.15) is 0 Å². The van der Waals surface area contributed by atoms with Crippen molar-refractivity contribution in [2.45, 2.75) is 95.5 Å². The molecule has 1 aromatic carbocycles. The number of aliphatic hydroxyl groups is 2. The second-order valence-electron chi connectivity index (χ2n) is 9.83. The topological polar surface area (TPSA) is 91.3 Å². The summed E-state index contributed by atoms with van der Waals surface area (Å²) in [6.07, 6.45) is 8.97. The monoisotopic (exact) mass is 476 g/mol. The minimum atomic E-state index is -0.831. The van der Waals surface area contributed by atoms with E-state index in [1.54, 1.807) is 0 Å². The number of carbonyl (C=O) groups is 1. The molecular formula is C27H44N2O5. The summed E-state index contributed by atoms with van der Waals surface area (Å²) < 4.78 is 11.5. The summed E-state index contributed by atoms with van der Waals surface area (Å²) in [4.78, 5) is 14.8. The summed E-state index contributed by atoms with van der Waals surface area (Å²) in [5.41, 5.74) is 0.751. The fraction of sp³-hybridized carbons (Fsp3) is 0.741. The van der Waals surface area contributed by atoms with Crippen LogP contribution in [0.2, 0.25) is 0 Å². The Balaban J connectivity index is 1.47. The van der Waals surface area contributed by atoms with Crippen LogP contribution in [-0.4, -0.2) is 72.1 Å². The van der Waals surface area contributed by atoms with Gasteiger partial charge in [0.2, 0.25) is 5.91 Å². The van der Waals surface area contributed by atoms with E-state index in [0.717, 1.165) is 63.0 Å². The molecule has 1 saturated heterocycles. The molecule has 2 aliphatic rings. The Morgan fingerprint density at radius 2 is 1.91 bits per heavy atom. The Labute approximate surface area is 204 Å². The van der Waals surface area contributed by atoms with Gasteiger partial charge in [-0.25, -0.2) is 0 Å². The van der Waals surface area contributed by atoms with Crippen LogP contribution in [-0.2, 0) is 9.53 Å². The van der Waals surface area contributed by atoms with Gasteiger partial charge in [-0.3, -0.25) is 9.69 Å². The van der Waals surface area contributed by atoms with E-state index in [2.05, 4.69) is 17.1 Å². The first-order valence-electron chi connectivity index (χ1n) is 13.3. The number of ether oxygens (including phenoxy) is 2. The van der Waals surface area contributed by atoms with Crippen LogP contribution in [0.1, 0.15) is 82.8 Å². The van der Waals surface area contributed by atoms with Crippen molar-refractivity contribution in [2.24, 2.45) is 0 Å². The average Bonchev–Trinajstić information content (AvgIpc) is 3.21. The summed E-state index contributed by atoms with van der Waals surface area (Å²) in [7, 11) is 0.